The lowest BCUT2D eigenvalue weighted by molar-refractivity contribution is -0.120. The molecule has 0 bridgehead atoms. The highest BCUT2D eigenvalue weighted by Gasteiger charge is 2.28. The number of nitrogens with one attached hydrogen (secondary N) is 1. The second-order valence-corrected chi connectivity index (χ2v) is 10.3. The van der Waals surface area contributed by atoms with Crippen LogP contribution in [0.15, 0.2) is 65.6 Å². The predicted octanol–water partition coefficient (Wildman–Crippen LogP) is 5.22. The highest BCUT2D eigenvalue weighted by molar-refractivity contribution is 7.92. The molecule has 6 nitrogen and oxygen atoms in total. The van der Waals surface area contributed by atoms with Crippen molar-refractivity contribution in [2.45, 2.75) is 45.6 Å². The van der Waals surface area contributed by atoms with Crippen LogP contribution < -0.4 is 14.4 Å². The second kappa shape index (κ2) is 10.9. The number of anilines is 1. The van der Waals surface area contributed by atoms with Gasteiger partial charge in [-0.05, 0) is 105 Å². The first-order valence-corrected chi connectivity index (χ1v) is 12.8. The minimum atomic E-state index is -4.15. The van der Waals surface area contributed by atoms with Crippen LogP contribution in [-0.4, -0.2) is 27.5 Å². The van der Waals surface area contributed by atoms with E-state index in [1.54, 1.807) is 24.3 Å². The molecule has 3 rings (SSSR count). The number of aryl methyl sites for hydroxylation is 3. The SMILES string of the molecule is CCOc1ccc(N(CC(=O)NC(C)c2cc(C)c(C)cc2C)S(=O)(=O)c2ccc(F)cc2)cc1. The molecule has 0 spiro atoms. The van der Waals surface area contributed by atoms with Gasteiger partial charge < -0.3 is 10.1 Å². The van der Waals surface area contributed by atoms with Gasteiger partial charge in [0.05, 0.1) is 23.2 Å². The maximum absolute atomic E-state index is 13.5. The number of nitrogens with zero attached hydrogens (tertiary/aromatic N) is 1. The first kappa shape index (κ1) is 26.2. The summed E-state index contributed by atoms with van der Waals surface area (Å²) in [6, 6.07) is 14.8. The van der Waals surface area contributed by atoms with Crippen molar-refractivity contribution in [3.63, 3.8) is 0 Å². The molecule has 0 aliphatic carbocycles. The number of amides is 1. The number of benzene rings is 3. The van der Waals surface area contributed by atoms with E-state index in [-0.39, 0.29) is 10.9 Å². The number of carbonyl (C=O) groups is 1. The third-order valence-electron chi connectivity index (χ3n) is 5.85. The van der Waals surface area contributed by atoms with Crippen LogP contribution >= 0.6 is 0 Å². The topological polar surface area (TPSA) is 75.7 Å². The average molecular weight is 499 g/mol. The molecule has 3 aromatic rings. The first-order valence-electron chi connectivity index (χ1n) is 11.4. The molecule has 186 valence electrons. The van der Waals surface area contributed by atoms with E-state index in [1.807, 2.05) is 40.7 Å². The van der Waals surface area contributed by atoms with E-state index in [4.69, 9.17) is 4.74 Å². The number of sulfonamides is 1. The molecule has 0 radical (unpaired) electrons. The minimum Gasteiger partial charge on any atom is -0.494 e. The molecule has 0 aliphatic heterocycles. The van der Waals surface area contributed by atoms with Crippen LogP contribution in [0.2, 0.25) is 0 Å². The van der Waals surface area contributed by atoms with Crippen molar-refractivity contribution in [3.05, 3.63) is 88.7 Å². The van der Waals surface area contributed by atoms with Crippen LogP contribution in [0.25, 0.3) is 0 Å². The molecule has 0 aliphatic rings. The van der Waals surface area contributed by atoms with Gasteiger partial charge in [-0.25, -0.2) is 12.8 Å². The lowest BCUT2D eigenvalue weighted by atomic mass is 9.96. The maximum Gasteiger partial charge on any atom is 0.264 e. The van der Waals surface area contributed by atoms with E-state index in [2.05, 4.69) is 11.4 Å². The molecule has 35 heavy (non-hydrogen) atoms. The molecule has 0 heterocycles. The molecule has 0 fully saturated rings. The quantitative estimate of drug-likeness (QED) is 0.439. The van der Waals surface area contributed by atoms with Crippen LogP contribution in [0.4, 0.5) is 10.1 Å². The zero-order chi connectivity index (χ0) is 25.8. The van der Waals surface area contributed by atoms with Crippen LogP contribution in [0, 0.1) is 26.6 Å². The summed E-state index contributed by atoms with van der Waals surface area (Å²) in [7, 11) is -4.15. The standard InChI is InChI=1S/C27H31FN2O4S/c1-6-34-24-11-9-23(10-12-24)30(35(32,33)25-13-7-22(28)8-14-25)17-27(31)29-21(5)26-16-19(3)18(2)15-20(26)4/h7-16,21H,6,17H2,1-5H3,(H,29,31). The second-order valence-electron chi connectivity index (χ2n) is 8.47. The number of hydrogen-bond donors (Lipinski definition) is 1. The fourth-order valence-electron chi connectivity index (χ4n) is 3.87. The van der Waals surface area contributed by atoms with Crippen molar-refractivity contribution in [3.8, 4) is 5.75 Å². The average Bonchev–Trinajstić information content (AvgIpc) is 2.81. The number of rotatable bonds is 9. The molecule has 0 saturated carbocycles. The summed E-state index contributed by atoms with van der Waals surface area (Å²) in [5, 5.41) is 2.92. The molecule has 3 aromatic carbocycles. The number of carbonyl (C=O) groups excluding carboxylic acids is 1. The van der Waals surface area contributed by atoms with Crippen molar-refractivity contribution < 1.29 is 22.3 Å². The van der Waals surface area contributed by atoms with Crippen LogP contribution in [0.1, 0.15) is 42.1 Å². The molecule has 0 saturated heterocycles. The lowest BCUT2D eigenvalue weighted by Gasteiger charge is -2.26. The van der Waals surface area contributed by atoms with Gasteiger partial charge in [0.25, 0.3) is 10.0 Å². The summed E-state index contributed by atoms with van der Waals surface area (Å²) in [5.74, 6) is -0.430. The Hall–Kier alpha value is -3.39. The normalized spacial score (nSPS) is 12.2. The molecule has 1 amide bonds. The Balaban J connectivity index is 1.91. The van der Waals surface area contributed by atoms with Gasteiger partial charge in [-0.2, -0.15) is 0 Å². The van der Waals surface area contributed by atoms with E-state index in [9.17, 15) is 17.6 Å². The fourth-order valence-corrected chi connectivity index (χ4v) is 5.29. The smallest absolute Gasteiger partial charge is 0.264 e. The largest absolute Gasteiger partial charge is 0.494 e. The Morgan fingerprint density at radius 2 is 1.57 bits per heavy atom. The number of hydrogen-bond acceptors (Lipinski definition) is 4. The van der Waals surface area contributed by atoms with Crippen LogP contribution in [-0.2, 0) is 14.8 Å². The Bertz CT molecular complexity index is 1290. The van der Waals surface area contributed by atoms with Gasteiger partial charge in [0, 0.05) is 0 Å². The summed E-state index contributed by atoms with van der Waals surface area (Å²) in [6.07, 6.45) is 0. The van der Waals surface area contributed by atoms with Crippen molar-refractivity contribution in [1.82, 2.24) is 5.32 Å². The third-order valence-corrected chi connectivity index (χ3v) is 7.64. The monoisotopic (exact) mass is 498 g/mol. The Labute approximate surface area is 206 Å². The summed E-state index contributed by atoms with van der Waals surface area (Å²) >= 11 is 0. The lowest BCUT2D eigenvalue weighted by Crippen LogP contribution is -2.41. The van der Waals surface area contributed by atoms with Gasteiger partial charge >= 0.3 is 0 Å². The number of ether oxygens (including phenoxy) is 1. The molecule has 1 unspecified atom stereocenters. The Kier molecular flexibility index (Phi) is 8.17. The van der Waals surface area contributed by atoms with E-state index >= 15 is 0 Å². The van der Waals surface area contributed by atoms with Crippen molar-refractivity contribution in [2.24, 2.45) is 0 Å². The van der Waals surface area contributed by atoms with E-state index in [0.29, 0.717) is 18.0 Å². The zero-order valence-electron chi connectivity index (χ0n) is 20.6. The van der Waals surface area contributed by atoms with Crippen LogP contribution in [0.5, 0.6) is 5.75 Å². The van der Waals surface area contributed by atoms with Gasteiger partial charge in [0.15, 0.2) is 0 Å². The summed E-state index contributed by atoms with van der Waals surface area (Å²) in [4.78, 5) is 13.0. The third kappa shape index (κ3) is 6.19. The molecule has 0 aromatic heterocycles. The van der Waals surface area contributed by atoms with Gasteiger partial charge in [-0.3, -0.25) is 9.10 Å². The predicted molar refractivity (Wildman–Crippen MR) is 136 cm³/mol. The summed E-state index contributed by atoms with van der Waals surface area (Å²) < 4.78 is 46.8. The molecule has 1 N–H and O–H groups in total. The van der Waals surface area contributed by atoms with E-state index in [1.165, 1.54) is 12.1 Å². The maximum atomic E-state index is 13.5. The Morgan fingerprint density at radius 3 is 2.17 bits per heavy atom. The molecular weight excluding hydrogens is 467 g/mol. The molecule has 1 atom stereocenters. The van der Waals surface area contributed by atoms with E-state index in [0.717, 1.165) is 38.7 Å². The van der Waals surface area contributed by atoms with Gasteiger partial charge in [-0.15, -0.1) is 0 Å². The molecule has 8 heteroatoms. The highest BCUT2D eigenvalue weighted by Crippen LogP contribution is 2.27. The van der Waals surface area contributed by atoms with Gasteiger partial charge in [-0.1, -0.05) is 12.1 Å². The van der Waals surface area contributed by atoms with Gasteiger partial charge in [0.1, 0.15) is 18.1 Å². The van der Waals surface area contributed by atoms with Crippen molar-refractivity contribution in [2.75, 3.05) is 17.5 Å². The fraction of sp³-hybridized carbons (Fsp3) is 0.296. The Morgan fingerprint density at radius 1 is 0.971 bits per heavy atom. The van der Waals surface area contributed by atoms with Crippen molar-refractivity contribution in [1.29, 1.82) is 0 Å². The summed E-state index contributed by atoms with van der Waals surface area (Å²) in [6.45, 7) is 9.76. The van der Waals surface area contributed by atoms with Gasteiger partial charge in [0.2, 0.25) is 5.91 Å². The van der Waals surface area contributed by atoms with Crippen LogP contribution in [0.3, 0.4) is 0 Å². The van der Waals surface area contributed by atoms with E-state index < -0.39 is 28.3 Å². The highest BCUT2D eigenvalue weighted by atomic mass is 32.2. The minimum absolute atomic E-state index is 0.112. The number of halogens is 1. The van der Waals surface area contributed by atoms with Crippen molar-refractivity contribution >= 4 is 21.6 Å². The molecular formula is C27H31FN2O4S. The zero-order valence-corrected chi connectivity index (χ0v) is 21.4. The summed E-state index contributed by atoms with van der Waals surface area (Å²) in [5.41, 5.74) is 4.58. The first-order chi connectivity index (χ1) is 16.5.